The van der Waals surface area contributed by atoms with Gasteiger partial charge in [0.15, 0.2) is 0 Å². The van der Waals surface area contributed by atoms with Crippen molar-refractivity contribution < 1.29 is 14.8 Å². The van der Waals surface area contributed by atoms with Crippen LogP contribution < -0.4 is 0 Å². The molecule has 0 fully saturated rings. The number of hydrogen-bond donors (Lipinski definition) is 1. The van der Waals surface area contributed by atoms with Crippen LogP contribution in [0, 0.1) is 13.7 Å². The highest BCUT2D eigenvalue weighted by Gasteiger charge is 2.13. The third kappa shape index (κ3) is 5.52. The standard InChI is InChI=1S/C12H15IN2O4/c1-2-3-14(8-12(16)17)7-9-4-10(13)6-11(5-9)15(18)19/h4-6H,2-3,7-8H2,1H3,(H,16,17). The minimum atomic E-state index is -0.895. The Labute approximate surface area is 124 Å². The number of halogens is 1. The Hall–Kier alpha value is -1.22. The number of rotatable bonds is 7. The highest BCUT2D eigenvalue weighted by Crippen LogP contribution is 2.20. The SMILES string of the molecule is CCCN(CC(=O)O)Cc1cc(I)cc([N+](=O)[O-])c1. The Balaban J connectivity index is 2.88. The van der Waals surface area contributed by atoms with Crippen molar-refractivity contribution in [2.75, 3.05) is 13.1 Å². The molecule has 0 aliphatic rings. The summed E-state index contributed by atoms with van der Waals surface area (Å²) in [7, 11) is 0. The van der Waals surface area contributed by atoms with Crippen molar-refractivity contribution in [2.24, 2.45) is 0 Å². The highest BCUT2D eigenvalue weighted by atomic mass is 127. The zero-order valence-electron chi connectivity index (χ0n) is 10.5. The van der Waals surface area contributed by atoms with E-state index in [1.165, 1.54) is 12.1 Å². The Morgan fingerprint density at radius 1 is 1.47 bits per heavy atom. The van der Waals surface area contributed by atoms with Gasteiger partial charge in [0.2, 0.25) is 0 Å². The summed E-state index contributed by atoms with van der Waals surface area (Å²) in [5.74, 6) is -0.895. The second-order valence-electron chi connectivity index (χ2n) is 4.18. The van der Waals surface area contributed by atoms with Crippen LogP contribution in [-0.4, -0.2) is 34.0 Å². The van der Waals surface area contributed by atoms with Gasteiger partial charge >= 0.3 is 5.97 Å². The molecule has 19 heavy (non-hydrogen) atoms. The first kappa shape index (κ1) is 15.8. The monoisotopic (exact) mass is 378 g/mol. The van der Waals surface area contributed by atoms with Crippen molar-refractivity contribution in [3.63, 3.8) is 0 Å². The van der Waals surface area contributed by atoms with Crippen LogP contribution >= 0.6 is 22.6 Å². The van der Waals surface area contributed by atoms with Gasteiger partial charge in [0.25, 0.3) is 5.69 Å². The summed E-state index contributed by atoms with van der Waals surface area (Å²) in [5.41, 5.74) is 0.793. The summed E-state index contributed by atoms with van der Waals surface area (Å²) < 4.78 is 0.772. The quantitative estimate of drug-likeness (QED) is 0.448. The maximum absolute atomic E-state index is 10.8. The summed E-state index contributed by atoms with van der Waals surface area (Å²) in [6.07, 6.45) is 0.833. The van der Waals surface area contributed by atoms with Gasteiger partial charge in [-0.3, -0.25) is 19.8 Å². The van der Waals surface area contributed by atoms with E-state index in [0.717, 1.165) is 15.6 Å². The summed E-state index contributed by atoms with van der Waals surface area (Å²) >= 11 is 2.02. The molecule has 0 atom stereocenters. The first-order valence-corrected chi connectivity index (χ1v) is 6.88. The zero-order valence-corrected chi connectivity index (χ0v) is 12.7. The van der Waals surface area contributed by atoms with Crippen molar-refractivity contribution in [3.05, 3.63) is 37.4 Å². The number of carbonyl (C=O) groups is 1. The number of non-ortho nitro benzene ring substituents is 1. The third-order valence-corrected chi connectivity index (χ3v) is 3.08. The van der Waals surface area contributed by atoms with E-state index < -0.39 is 10.9 Å². The van der Waals surface area contributed by atoms with E-state index >= 15 is 0 Å². The summed E-state index contributed by atoms with van der Waals surface area (Å²) in [6, 6.07) is 4.82. The van der Waals surface area contributed by atoms with E-state index in [4.69, 9.17) is 5.11 Å². The molecule has 1 aromatic carbocycles. The van der Waals surface area contributed by atoms with Gasteiger partial charge in [-0.1, -0.05) is 6.92 Å². The molecule has 0 unspecified atom stereocenters. The van der Waals surface area contributed by atoms with E-state index in [-0.39, 0.29) is 12.2 Å². The van der Waals surface area contributed by atoms with Crippen LogP contribution in [0.1, 0.15) is 18.9 Å². The number of hydrogen-bond acceptors (Lipinski definition) is 4. The molecule has 0 saturated heterocycles. The van der Waals surface area contributed by atoms with Gasteiger partial charge in [-0.25, -0.2) is 0 Å². The molecule has 0 bridgehead atoms. The molecule has 0 radical (unpaired) electrons. The van der Waals surface area contributed by atoms with Gasteiger partial charge < -0.3 is 5.11 Å². The lowest BCUT2D eigenvalue weighted by molar-refractivity contribution is -0.385. The summed E-state index contributed by atoms with van der Waals surface area (Å²) in [4.78, 5) is 22.9. The number of nitro benzene ring substituents is 1. The third-order valence-electron chi connectivity index (χ3n) is 2.46. The Bertz CT molecular complexity index is 479. The van der Waals surface area contributed by atoms with Crippen molar-refractivity contribution in [1.29, 1.82) is 0 Å². The Morgan fingerprint density at radius 2 is 2.16 bits per heavy atom. The largest absolute Gasteiger partial charge is 0.480 e. The van der Waals surface area contributed by atoms with E-state index in [9.17, 15) is 14.9 Å². The molecule has 0 aliphatic heterocycles. The highest BCUT2D eigenvalue weighted by molar-refractivity contribution is 14.1. The van der Waals surface area contributed by atoms with Crippen LogP contribution in [-0.2, 0) is 11.3 Å². The zero-order chi connectivity index (χ0) is 14.4. The molecular weight excluding hydrogens is 363 g/mol. The summed E-state index contributed by atoms with van der Waals surface area (Å²) in [6.45, 7) is 2.95. The van der Waals surface area contributed by atoms with Crippen LogP contribution in [0.3, 0.4) is 0 Å². The van der Waals surface area contributed by atoms with Crippen molar-refractivity contribution in [3.8, 4) is 0 Å². The topological polar surface area (TPSA) is 83.7 Å². The molecule has 0 heterocycles. The first-order valence-electron chi connectivity index (χ1n) is 5.80. The predicted molar refractivity (Wildman–Crippen MR) is 79.0 cm³/mol. The molecule has 7 heteroatoms. The molecule has 0 aromatic heterocycles. The van der Waals surface area contributed by atoms with E-state index in [0.29, 0.717) is 13.1 Å². The van der Waals surface area contributed by atoms with E-state index in [1.54, 1.807) is 4.90 Å². The Kier molecular flexibility index (Phi) is 6.16. The van der Waals surface area contributed by atoms with Crippen LogP contribution in [0.2, 0.25) is 0 Å². The normalized spacial score (nSPS) is 10.7. The van der Waals surface area contributed by atoms with Gasteiger partial charge in [0.1, 0.15) is 0 Å². The van der Waals surface area contributed by atoms with Crippen molar-refractivity contribution >= 4 is 34.2 Å². The fourth-order valence-corrected chi connectivity index (χ4v) is 2.53. The van der Waals surface area contributed by atoms with Gasteiger partial charge in [0.05, 0.1) is 11.5 Å². The maximum atomic E-state index is 10.8. The van der Waals surface area contributed by atoms with Gasteiger partial charge in [-0.05, 0) is 47.2 Å². The van der Waals surface area contributed by atoms with Crippen LogP contribution in [0.4, 0.5) is 5.69 Å². The molecule has 1 aromatic rings. The van der Waals surface area contributed by atoms with Crippen molar-refractivity contribution in [1.82, 2.24) is 4.90 Å². The van der Waals surface area contributed by atoms with Gasteiger partial charge in [-0.15, -0.1) is 0 Å². The van der Waals surface area contributed by atoms with Crippen LogP contribution in [0.15, 0.2) is 18.2 Å². The number of benzene rings is 1. The number of aliphatic carboxylic acids is 1. The number of nitrogens with zero attached hydrogens (tertiary/aromatic N) is 2. The fraction of sp³-hybridized carbons (Fsp3) is 0.417. The molecule has 1 N–H and O–H groups in total. The predicted octanol–water partition coefficient (Wildman–Crippen LogP) is 2.50. The Morgan fingerprint density at radius 3 is 2.68 bits per heavy atom. The molecule has 6 nitrogen and oxygen atoms in total. The first-order chi connectivity index (χ1) is 8.92. The minimum Gasteiger partial charge on any atom is -0.480 e. The fourth-order valence-electron chi connectivity index (χ4n) is 1.81. The number of carboxylic acid groups (broad SMARTS) is 1. The smallest absolute Gasteiger partial charge is 0.317 e. The number of carboxylic acids is 1. The lowest BCUT2D eigenvalue weighted by atomic mass is 10.2. The molecule has 0 amide bonds. The lowest BCUT2D eigenvalue weighted by Crippen LogP contribution is -2.30. The summed E-state index contributed by atoms with van der Waals surface area (Å²) in [5, 5.41) is 19.6. The number of nitro groups is 1. The van der Waals surface area contributed by atoms with E-state index in [2.05, 4.69) is 0 Å². The molecule has 104 valence electrons. The van der Waals surface area contributed by atoms with Crippen molar-refractivity contribution in [2.45, 2.75) is 19.9 Å². The van der Waals surface area contributed by atoms with Crippen LogP contribution in [0.25, 0.3) is 0 Å². The van der Waals surface area contributed by atoms with E-state index in [1.807, 2.05) is 35.6 Å². The maximum Gasteiger partial charge on any atom is 0.317 e. The van der Waals surface area contributed by atoms with Crippen LogP contribution in [0.5, 0.6) is 0 Å². The molecule has 0 saturated carbocycles. The molecular formula is C12H15IN2O4. The van der Waals surface area contributed by atoms with Gasteiger partial charge in [0, 0.05) is 22.2 Å². The average Bonchev–Trinajstić information content (AvgIpc) is 2.27. The molecule has 0 aliphatic carbocycles. The average molecular weight is 378 g/mol. The van der Waals surface area contributed by atoms with Gasteiger partial charge in [-0.2, -0.15) is 0 Å². The second-order valence-corrected chi connectivity index (χ2v) is 5.42. The lowest BCUT2D eigenvalue weighted by Gasteiger charge is -2.19. The molecule has 0 spiro atoms. The second kappa shape index (κ2) is 7.39. The molecule has 1 rings (SSSR count). The minimum absolute atomic E-state index is 0.0358.